The molecule has 0 amide bonds. The molecule has 0 aliphatic rings. The molecule has 2 aromatic rings. The zero-order chi connectivity index (χ0) is 13.1. The zero-order valence-corrected chi connectivity index (χ0v) is 11.2. The number of benzene rings is 1. The van der Waals surface area contributed by atoms with Crippen LogP contribution in [0.2, 0.25) is 0 Å². The molecule has 0 aliphatic carbocycles. The quantitative estimate of drug-likeness (QED) is 0.920. The summed E-state index contributed by atoms with van der Waals surface area (Å²) in [6.45, 7) is 4.67. The van der Waals surface area contributed by atoms with Gasteiger partial charge in [0.1, 0.15) is 5.82 Å². The van der Waals surface area contributed by atoms with E-state index in [9.17, 15) is 4.39 Å². The van der Waals surface area contributed by atoms with Crippen molar-refractivity contribution in [3.05, 3.63) is 41.2 Å². The SMILES string of the molecule is CCN(c1cccc(F)c1)c1ncc(C(C)N)s1. The van der Waals surface area contributed by atoms with Crippen LogP contribution in [0.4, 0.5) is 15.2 Å². The second-order valence-corrected chi connectivity index (χ2v) is 5.10. The van der Waals surface area contributed by atoms with Crippen LogP contribution in [0, 0.1) is 5.82 Å². The molecule has 1 heterocycles. The van der Waals surface area contributed by atoms with Gasteiger partial charge in [-0.1, -0.05) is 17.4 Å². The van der Waals surface area contributed by atoms with Gasteiger partial charge in [-0.15, -0.1) is 0 Å². The number of halogens is 1. The molecule has 0 fully saturated rings. The predicted octanol–water partition coefficient (Wildman–Crippen LogP) is 3.46. The van der Waals surface area contributed by atoms with Gasteiger partial charge in [-0.2, -0.15) is 0 Å². The number of hydrogen-bond donors (Lipinski definition) is 1. The standard InChI is InChI=1S/C13H16FN3S/c1-3-17(11-6-4-5-10(14)7-11)13-16-8-12(18-13)9(2)15/h4-9H,3,15H2,1-2H3. The highest BCUT2D eigenvalue weighted by molar-refractivity contribution is 7.15. The van der Waals surface area contributed by atoms with Crippen LogP contribution < -0.4 is 10.6 Å². The lowest BCUT2D eigenvalue weighted by Crippen LogP contribution is -2.15. The Morgan fingerprint density at radius 1 is 1.50 bits per heavy atom. The Balaban J connectivity index is 2.33. The summed E-state index contributed by atoms with van der Waals surface area (Å²) in [6, 6.07) is 6.50. The van der Waals surface area contributed by atoms with E-state index in [4.69, 9.17) is 5.73 Å². The van der Waals surface area contributed by atoms with Crippen molar-refractivity contribution in [1.29, 1.82) is 0 Å². The van der Waals surface area contributed by atoms with Gasteiger partial charge < -0.3 is 10.6 Å². The van der Waals surface area contributed by atoms with E-state index in [-0.39, 0.29) is 11.9 Å². The molecule has 2 N–H and O–H groups in total. The zero-order valence-electron chi connectivity index (χ0n) is 10.4. The van der Waals surface area contributed by atoms with Crippen LogP contribution in [0.5, 0.6) is 0 Å². The Hall–Kier alpha value is -1.46. The molecule has 0 bridgehead atoms. The number of hydrogen-bond acceptors (Lipinski definition) is 4. The van der Waals surface area contributed by atoms with E-state index in [0.29, 0.717) is 0 Å². The van der Waals surface area contributed by atoms with Gasteiger partial charge in [0, 0.05) is 29.3 Å². The minimum absolute atomic E-state index is 0.0255. The van der Waals surface area contributed by atoms with Crippen molar-refractivity contribution >= 4 is 22.2 Å². The Labute approximate surface area is 110 Å². The molecule has 2 rings (SSSR count). The van der Waals surface area contributed by atoms with Crippen molar-refractivity contribution in [3.8, 4) is 0 Å². The molecule has 3 nitrogen and oxygen atoms in total. The van der Waals surface area contributed by atoms with Gasteiger partial charge in [0.2, 0.25) is 0 Å². The van der Waals surface area contributed by atoms with Crippen LogP contribution in [0.15, 0.2) is 30.5 Å². The largest absolute Gasteiger partial charge is 0.323 e. The minimum atomic E-state index is -0.241. The first-order chi connectivity index (χ1) is 8.61. The Kier molecular flexibility index (Phi) is 3.93. The van der Waals surface area contributed by atoms with Crippen molar-refractivity contribution < 1.29 is 4.39 Å². The molecule has 5 heteroatoms. The van der Waals surface area contributed by atoms with Gasteiger partial charge in [-0.25, -0.2) is 9.37 Å². The van der Waals surface area contributed by atoms with Gasteiger partial charge in [-0.05, 0) is 32.0 Å². The molecule has 0 radical (unpaired) electrons. The fraction of sp³-hybridized carbons (Fsp3) is 0.308. The van der Waals surface area contributed by atoms with Crippen LogP contribution in [0.3, 0.4) is 0 Å². The monoisotopic (exact) mass is 265 g/mol. The summed E-state index contributed by atoms with van der Waals surface area (Å²) >= 11 is 1.54. The number of nitrogens with two attached hydrogens (primary N) is 1. The third-order valence-electron chi connectivity index (χ3n) is 2.63. The van der Waals surface area contributed by atoms with E-state index in [1.54, 1.807) is 23.6 Å². The molecule has 1 aromatic carbocycles. The number of anilines is 2. The van der Waals surface area contributed by atoms with Crippen LogP contribution in [0.25, 0.3) is 0 Å². The molecule has 0 aliphatic heterocycles. The first-order valence-corrected chi connectivity index (χ1v) is 6.68. The normalized spacial score (nSPS) is 12.4. The molecule has 0 saturated carbocycles. The highest BCUT2D eigenvalue weighted by Gasteiger charge is 2.13. The average molecular weight is 265 g/mol. The Morgan fingerprint density at radius 2 is 2.28 bits per heavy atom. The lowest BCUT2D eigenvalue weighted by Gasteiger charge is -2.19. The lowest BCUT2D eigenvalue weighted by atomic mass is 10.3. The summed E-state index contributed by atoms with van der Waals surface area (Å²) in [6.07, 6.45) is 1.78. The highest BCUT2D eigenvalue weighted by atomic mass is 32.1. The predicted molar refractivity (Wildman–Crippen MR) is 73.8 cm³/mol. The van der Waals surface area contributed by atoms with Gasteiger partial charge >= 0.3 is 0 Å². The van der Waals surface area contributed by atoms with E-state index >= 15 is 0 Å². The average Bonchev–Trinajstić information content (AvgIpc) is 2.80. The summed E-state index contributed by atoms with van der Waals surface area (Å²) in [4.78, 5) is 7.36. The smallest absolute Gasteiger partial charge is 0.190 e. The van der Waals surface area contributed by atoms with Crippen molar-refractivity contribution in [3.63, 3.8) is 0 Å². The molecular weight excluding hydrogens is 249 g/mol. The second kappa shape index (κ2) is 5.46. The second-order valence-electron chi connectivity index (χ2n) is 4.06. The maximum Gasteiger partial charge on any atom is 0.190 e. The van der Waals surface area contributed by atoms with Crippen LogP contribution in [0.1, 0.15) is 24.8 Å². The first-order valence-electron chi connectivity index (χ1n) is 5.86. The summed E-state index contributed by atoms with van der Waals surface area (Å²) in [5, 5.41) is 0.843. The number of nitrogens with zero attached hydrogens (tertiary/aromatic N) is 2. The molecular formula is C13H16FN3S. The van der Waals surface area contributed by atoms with Gasteiger partial charge in [-0.3, -0.25) is 0 Å². The van der Waals surface area contributed by atoms with Crippen LogP contribution in [-0.4, -0.2) is 11.5 Å². The summed E-state index contributed by atoms with van der Waals surface area (Å²) in [5.74, 6) is -0.241. The van der Waals surface area contributed by atoms with Gasteiger partial charge in [0.15, 0.2) is 5.13 Å². The first kappa shape index (κ1) is 13.0. The fourth-order valence-electron chi connectivity index (χ4n) is 1.68. The summed E-state index contributed by atoms with van der Waals surface area (Å²) in [5.41, 5.74) is 6.63. The Morgan fingerprint density at radius 3 is 2.83 bits per heavy atom. The van der Waals surface area contributed by atoms with E-state index < -0.39 is 0 Å². The highest BCUT2D eigenvalue weighted by Crippen LogP contribution is 2.31. The van der Waals surface area contributed by atoms with E-state index in [1.807, 2.05) is 24.8 Å². The number of thiazole rings is 1. The molecule has 1 aromatic heterocycles. The number of rotatable bonds is 4. The van der Waals surface area contributed by atoms with Gasteiger partial charge in [0.05, 0.1) is 0 Å². The molecule has 18 heavy (non-hydrogen) atoms. The third-order valence-corrected chi connectivity index (χ3v) is 3.85. The molecule has 0 saturated heterocycles. The van der Waals surface area contributed by atoms with Gasteiger partial charge in [0.25, 0.3) is 0 Å². The fourth-order valence-corrected chi connectivity index (χ4v) is 2.64. The summed E-state index contributed by atoms with van der Waals surface area (Å²) < 4.78 is 13.2. The van der Waals surface area contributed by atoms with Crippen LogP contribution in [-0.2, 0) is 0 Å². The van der Waals surface area contributed by atoms with Crippen LogP contribution >= 0.6 is 11.3 Å². The summed E-state index contributed by atoms with van der Waals surface area (Å²) in [7, 11) is 0. The maximum atomic E-state index is 13.2. The van der Waals surface area contributed by atoms with E-state index in [2.05, 4.69) is 4.98 Å². The van der Waals surface area contributed by atoms with Crippen molar-refractivity contribution in [2.24, 2.45) is 5.73 Å². The van der Waals surface area contributed by atoms with Crippen molar-refractivity contribution in [1.82, 2.24) is 4.98 Å². The van der Waals surface area contributed by atoms with E-state index in [1.165, 1.54) is 12.1 Å². The minimum Gasteiger partial charge on any atom is -0.323 e. The number of aromatic nitrogens is 1. The molecule has 1 unspecified atom stereocenters. The molecule has 0 spiro atoms. The topological polar surface area (TPSA) is 42.2 Å². The third kappa shape index (κ3) is 2.68. The van der Waals surface area contributed by atoms with E-state index in [0.717, 1.165) is 22.2 Å². The maximum absolute atomic E-state index is 13.2. The Bertz CT molecular complexity index is 524. The lowest BCUT2D eigenvalue weighted by molar-refractivity contribution is 0.627. The van der Waals surface area contributed by atoms with Crippen molar-refractivity contribution in [2.75, 3.05) is 11.4 Å². The molecule has 96 valence electrons. The molecule has 1 atom stereocenters. The van der Waals surface area contributed by atoms with Crippen molar-refractivity contribution in [2.45, 2.75) is 19.9 Å².